The van der Waals surface area contributed by atoms with Crippen LogP contribution in [0.25, 0.3) is 5.82 Å². The number of anilines is 1. The number of halogens is 1. The van der Waals surface area contributed by atoms with Gasteiger partial charge in [0.25, 0.3) is 5.91 Å². The smallest absolute Gasteiger partial charge is 0.272 e. The number of carbonyl (C=O) groups is 2. The van der Waals surface area contributed by atoms with E-state index in [0.717, 1.165) is 18.4 Å². The molecule has 30 heavy (non-hydrogen) atoms. The maximum Gasteiger partial charge on any atom is 0.272 e. The van der Waals surface area contributed by atoms with E-state index in [1.54, 1.807) is 24.4 Å². The molecule has 1 aromatic carbocycles. The predicted octanol–water partition coefficient (Wildman–Crippen LogP) is 3.25. The summed E-state index contributed by atoms with van der Waals surface area (Å²) in [5, 5.41) is 11.1. The summed E-state index contributed by atoms with van der Waals surface area (Å²) >= 11 is 7.43. The third-order valence-corrected chi connectivity index (χ3v) is 5.67. The van der Waals surface area contributed by atoms with E-state index in [9.17, 15) is 9.59 Å². The lowest BCUT2D eigenvalue weighted by molar-refractivity contribution is -0.113. The quantitative estimate of drug-likeness (QED) is 0.430. The van der Waals surface area contributed by atoms with Gasteiger partial charge in [-0.1, -0.05) is 35.5 Å². The normalized spacial score (nSPS) is 13.1. The van der Waals surface area contributed by atoms with Gasteiger partial charge in [-0.05, 0) is 37.5 Å². The SMILES string of the molecule is Cc1cccc(Cl)c1NC(=O)CSc1cc(-n2ccc(C(=O)NC3CC3)n2)ncn1. The van der Waals surface area contributed by atoms with Crippen molar-refractivity contribution in [3.8, 4) is 5.82 Å². The molecule has 2 aromatic heterocycles. The zero-order chi connectivity index (χ0) is 21.1. The predicted molar refractivity (Wildman–Crippen MR) is 115 cm³/mol. The molecule has 2 amide bonds. The van der Waals surface area contributed by atoms with Gasteiger partial charge in [0.2, 0.25) is 5.91 Å². The van der Waals surface area contributed by atoms with E-state index in [-0.39, 0.29) is 23.6 Å². The number of benzene rings is 1. The monoisotopic (exact) mass is 442 g/mol. The summed E-state index contributed by atoms with van der Waals surface area (Å²) in [6, 6.07) is 9.08. The van der Waals surface area contributed by atoms with Crippen LogP contribution in [-0.2, 0) is 4.79 Å². The van der Waals surface area contributed by atoms with E-state index in [2.05, 4.69) is 25.7 Å². The fraction of sp³-hybridized carbons (Fsp3) is 0.250. The van der Waals surface area contributed by atoms with Crippen LogP contribution in [-0.4, -0.2) is 43.4 Å². The Bertz CT molecular complexity index is 1080. The molecule has 8 nitrogen and oxygen atoms in total. The Hall–Kier alpha value is -2.91. The number of amides is 2. The van der Waals surface area contributed by atoms with Gasteiger partial charge in [-0.2, -0.15) is 5.10 Å². The van der Waals surface area contributed by atoms with Gasteiger partial charge in [-0.3, -0.25) is 9.59 Å². The van der Waals surface area contributed by atoms with Crippen LogP contribution in [0.5, 0.6) is 0 Å². The van der Waals surface area contributed by atoms with E-state index in [1.807, 2.05) is 19.1 Å². The molecule has 0 spiro atoms. The second-order valence-electron chi connectivity index (χ2n) is 6.88. The van der Waals surface area contributed by atoms with E-state index in [1.165, 1.54) is 22.8 Å². The summed E-state index contributed by atoms with van der Waals surface area (Å²) in [6.45, 7) is 1.88. The van der Waals surface area contributed by atoms with Crippen molar-refractivity contribution in [1.82, 2.24) is 25.1 Å². The van der Waals surface area contributed by atoms with Crippen LogP contribution in [0.4, 0.5) is 5.69 Å². The standard InChI is InChI=1S/C20H19ClN6O2S/c1-12-3-2-4-14(21)19(12)25-17(28)10-30-18-9-16(22-11-23-18)27-8-7-15(26-27)20(29)24-13-5-6-13/h2-4,7-9,11,13H,5-6,10H2,1H3,(H,24,29)(H,25,28). The molecular formula is C20H19ClN6O2S. The van der Waals surface area contributed by atoms with Gasteiger partial charge < -0.3 is 10.6 Å². The van der Waals surface area contributed by atoms with Crippen LogP contribution < -0.4 is 10.6 Å². The lowest BCUT2D eigenvalue weighted by atomic mass is 10.2. The van der Waals surface area contributed by atoms with Crippen LogP contribution in [0.2, 0.25) is 5.02 Å². The van der Waals surface area contributed by atoms with Gasteiger partial charge in [0.1, 0.15) is 11.4 Å². The van der Waals surface area contributed by atoms with Crippen molar-refractivity contribution in [1.29, 1.82) is 0 Å². The summed E-state index contributed by atoms with van der Waals surface area (Å²) in [5.41, 5.74) is 1.84. The minimum Gasteiger partial charge on any atom is -0.348 e. The topological polar surface area (TPSA) is 102 Å². The molecule has 10 heteroatoms. The van der Waals surface area contributed by atoms with Crippen molar-refractivity contribution >= 4 is 40.9 Å². The number of hydrogen-bond acceptors (Lipinski definition) is 6. The van der Waals surface area contributed by atoms with Crippen molar-refractivity contribution in [3.63, 3.8) is 0 Å². The lowest BCUT2D eigenvalue weighted by Crippen LogP contribution is -2.25. The Labute approximate surface area is 182 Å². The molecule has 1 saturated carbocycles. The number of para-hydroxylation sites is 1. The maximum absolute atomic E-state index is 12.3. The second kappa shape index (κ2) is 8.85. The molecule has 0 bridgehead atoms. The Morgan fingerprint density at radius 2 is 2.10 bits per heavy atom. The molecule has 1 fully saturated rings. The van der Waals surface area contributed by atoms with Crippen molar-refractivity contribution in [2.75, 3.05) is 11.1 Å². The molecule has 2 heterocycles. The summed E-state index contributed by atoms with van der Waals surface area (Å²) < 4.78 is 1.51. The maximum atomic E-state index is 12.3. The average Bonchev–Trinajstić information content (AvgIpc) is 3.40. The van der Waals surface area contributed by atoms with Crippen LogP contribution >= 0.6 is 23.4 Å². The number of nitrogens with one attached hydrogen (secondary N) is 2. The van der Waals surface area contributed by atoms with Gasteiger partial charge in [0, 0.05) is 18.3 Å². The average molecular weight is 443 g/mol. The molecule has 3 aromatic rings. The van der Waals surface area contributed by atoms with Crippen molar-refractivity contribution in [2.24, 2.45) is 0 Å². The third-order valence-electron chi connectivity index (χ3n) is 4.43. The summed E-state index contributed by atoms with van der Waals surface area (Å²) in [5.74, 6) is 0.302. The van der Waals surface area contributed by atoms with Crippen LogP contribution in [0, 0.1) is 6.92 Å². The Balaban J connectivity index is 1.38. The molecular weight excluding hydrogens is 424 g/mol. The van der Waals surface area contributed by atoms with Crippen molar-refractivity contribution < 1.29 is 9.59 Å². The number of hydrogen-bond donors (Lipinski definition) is 2. The molecule has 154 valence electrons. The van der Waals surface area contributed by atoms with Crippen LogP contribution in [0.15, 0.2) is 47.9 Å². The number of carbonyl (C=O) groups excluding carboxylic acids is 2. The van der Waals surface area contributed by atoms with Gasteiger partial charge >= 0.3 is 0 Å². The number of nitrogens with zero attached hydrogens (tertiary/aromatic N) is 4. The van der Waals surface area contributed by atoms with Gasteiger partial charge in [0.05, 0.1) is 16.5 Å². The highest BCUT2D eigenvalue weighted by molar-refractivity contribution is 7.99. The Morgan fingerprint density at radius 1 is 1.27 bits per heavy atom. The van der Waals surface area contributed by atoms with Crippen molar-refractivity contribution in [3.05, 3.63) is 59.1 Å². The summed E-state index contributed by atoms with van der Waals surface area (Å²) in [4.78, 5) is 32.8. The molecule has 0 radical (unpaired) electrons. The largest absolute Gasteiger partial charge is 0.348 e. The fourth-order valence-electron chi connectivity index (χ4n) is 2.70. The first-order chi connectivity index (χ1) is 14.5. The molecule has 2 N–H and O–H groups in total. The van der Waals surface area contributed by atoms with E-state index in [4.69, 9.17) is 11.6 Å². The zero-order valence-electron chi connectivity index (χ0n) is 16.1. The highest BCUT2D eigenvalue weighted by atomic mass is 35.5. The summed E-state index contributed by atoms with van der Waals surface area (Å²) in [7, 11) is 0. The van der Waals surface area contributed by atoms with E-state index in [0.29, 0.717) is 27.2 Å². The minimum atomic E-state index is -0.188. The van der Waals surface area contributed by atoms with E-state index < -0.39 is 0 Å². The highest BCUT2D eigenvalue weighted by Gasteiger charge is 2.24. The molecule has 0 aliphatic heterocycles. The fourth-order valence-corrected chi connectivity index (χ4v) is 3.63. The van der Waals surface area contributed by atoms with Gasteiger partial charge in [-0.25, -0.2) is 14.6 Å². The zero-order valence-corrected chi connectivity index (χ0v) is 17.7. The van der Waals surface area contributed by atoms with Crippen LogP contribution in [0.3, 0.4) is 0 Å². The third kappa shape index (κ3) is 4.98. The van der Waals surface area contributed by atoms with Gasteiger partial charge in [-0.15, -0.1) is 0 Å². The molecule has 0 atom stereocenters. The number of thioether (sulfide) groups is 1. The second-order valence-corrected chi connectivity index (χ2v) is 8.28. The Kier molecular flexibility index (Phi) is 6.01. The van der Waals surface area contributed by atoms with Crippen molar-refractivity contribution in [2.45, 2.75) is 30.8 Å². The number of aryl methyl sites for hydroxylation is 1. The molecule has 1 aliphatic rings. The first-order valence-corrected chi connectivity index (χ1v) is 10.7. The van der Waals surface area contributed by atoms with Crippen LogP contribution in [0.1, 0.15) is 28.9 Å². The minimum absolute atomic E-state index is 0.162. The van der Waals surface area contributed by atoms with E-state index >= 15 is 0 Å². The molecule has 0 unspecified atom stereocenters. The summed E-state index contributed by atoms with van der Waals surface area (Å²) in [6.07, 6.45) is 5.11. The molecule has 4 rings (SSSR count). The number of rotatable bonds is 7. The first kappa shape index (κ1) is 20.4. The molecule has 0 saturated heterocycles. The number of aromatic nitrogens is 4. The Morgan fingerprint density at radius 3 is 2.87 bits per heavy atom. The lowest BCUT2D eigenvalue weighted by Gasteiger charge is -2.10. The highest BCUT2D eigenvalue weighted by Crippen LogP contribution is 2.26. The first-order valence-electron chi connectivity index (χ1n) is 9.36. The van der Waals surface area contributed by atoms with Gasteiger partial charge in [0.15, 0.2) is 11.5 Å². The molecule has 1 aliphatic carbocycles.